The van der Waals surface area contributed by atoms with Crippen LogP contribution in [0.3, 0.4) is 0 Å². The number of hydrogen-bond acceptors (Lipinski definition) is 5. The number of methoxy groups -OCH3 is 1. The van der Waals surface area contributed by atoms with Crippen LogP contribution in [0.5, 0.6) is 5.75 Å². The Morgan fingerprint density at radius 3 is 2.43 bits per heavy atom. The van der Waals surface area contributed by atoms with Gasteiger partial charge in [-0.2, -0.15) is 0 Å². The summed E-state index contributed by atoms with van der Waals surface area (Å²) in [5, 5.41) is 16.5. The molecule has 0 saturated carbocycles. The van der Waals surface area contributed by atoms with Crippen LogP contribution in [-0.4, -0.2) is 24.0 Å². The summed E-state index contributed by atoms with van der Waals surface area (Å²) in [4.78, 5) is 22.6. The molecule has 1 atom stereocenters. The fraction of sp³-hybridized carbons (Fsp3) is 0.188. The molecule has 1 unspecified atom stereocenters. The topological polar surface area (TPSA) is 93.5 Å². The lowest BCUT2D eigenvalue weighted by molar-refractivity contribution is -0.383. The molecule has 23 heavy (non-hydrogen) atoms. The number of carbonyl (C=O) groups excluding carboxylic acids is 1. The van der Waals surface area contributed by atoms with Crippen LogP contribution in [0.2, 0.25) is 0 Å². The third-order valence-electron chi connectivity index (χ3n) is 3.23. The van der Waals surface area contributed by atoms with Gasteiger partial charge in [0.15, 0.2) is 0 Å². The molecule has 0 aliphatic heterocycles. The normalized spacial score (nSPS) is 11.4. The Balaban J connectivity index is 2.04. The maximum absolute atomic E-state index is 12.2. The van der Waals surface area contributed by atoms with E-state index < -0.39 is 11.0 Å². The molecule has 0 fully saturated rings. The zero-order valence-electron chi connectivity index (χ0n) is 12.8. The molecule has 0 bridgehead atoms. The molecule has 0 spiro atoms. The molecule has 2 N–H and O–H groups in total. The van der Waals surface area contributed by atoms with Gasteiger partial charge in [-0.05, 0) is 37.3 Å². The number of nitrogens with one attached hydrogen (secondary N) is 2. The largest absolute Gasteiger partial charge is 0.497 e. The molecular weight excluding hydrogens is 298 g/mol. The molecule has 120 valence electrons. The van der Waals surface area contributed by atoms with Crippen LogP contribution >= 0.6 is 0 Å². The van der Waals surface area contributed by atoms with Crippen LogP contribution in [0.15, 0.2) is 48.5 Å². The summed E-state index contributed by atoms with van der Waals surface area (Å²) < 4.78 is 5.07. The molecule has 0 aromatic heterocycles. The van der Waals surface area contributed by atoms with Crippen molar-refractivity contribution in [1.29, 1.82) is 0 Å². The van der Waals surface area contributed by atoms with Crippen LogP contribution in [-0.2, 0) is 4.79 Å². The lowest BCUT2D eigenvalue weighted by atomic mass is 10.2. The number of carbonyl (C=O) groups is 1. The van der Waals surface area contributed by atoms with Crippen molar-refractivity contribution in [3.05, 3.63) is 58.6 Å². The molecule has 0 aliphatic rings. The number of para-hydroxylation sites is 2. The van der Waals surface area contributed by atoms with E-state index in [9.17, 15) is 14.9 Å². The molecule has 2 aromatic rings. The first kappa shape index (κ1) is 16.3. The number of ether oxygens (including phenoxy) is 1. The summed E-state index contributed by atoms with van der Waals surface area (Å²) in [6, 6.07) is 12.6. The summed E-state index contributed by atoms with van der Waals surface area (Å²) in [6.07, 6.45) is 0. The van der Waals surface area contributed by atoms with E-state index in [0.717, 1.165) is 5.69 Å². The molecule has 7 heteroatoms. The van der Waals surface area contributed by atoms with Gasteiger partial charge in [0.25, 0.3) is 5.69 Å². The van der Waals surface area contributed by atoms with Crippen molar-refractivity contribution in [1.82, 2.24) is 0 Å². The molecule has 0 saturated heterocycles. The van der Waals surface area contributed by atoms with Crippen molar-refractivity contribution in [3.63, 3.8) is 0 Å². The highest BCUT2D eigenvalue weighted by Gasteiger charge is 2.18. The minimum Gasteiger partial charge on any atom is -0.497 e. The number of rotatable bonds is 6. The van der Waals surface area contributed by atoms with E-state index >= 15 is 0 Å². The second kappa shape index (κ2) is 7.26. The molecule has 2 aromatic carbocycles. The van der Waals surface area contributed by atoms with Gasteiger partial charge < -0.3 is 15.4 Å². The number of nitro benzene ring substituents is 1. The lowest BCUT2D eigenvalue weighted by Gasteiger charge is -2.15. The molecule has 1 amide bonds. The Labute approximate surface area is 133 Å². The maximum atomic E-state index is 12.2. The minimum atomic E-state index is -0.566. The number of anilines is 2. The van der Waals surface area contributed by atoms with Gasteiger partial charge in [0.05, 0.1) is 12.0 Å². The van der Waals surface area contributed by atoms with E-state index in [1.54, 1.807) is 50.4 Å². The van der Waals surface area contributed by atoms with E-state index in [4.69, 9.17) is 4.74 Å². The SMILES string of the molecule is COc1ccc(NC(C)C(=O)Nc2ccccc2[N+](=O)[O-])cc1. The van der Waals surface area contributed by atoms with Crippen LogP contribution in [0.1, 0.15) is 6.92 Å². The Kier molecular flexibility index (Phi) is 5.14. The van der Waals surface area contributed by atoms with Crippen molar-refractivity contribution in [2.24, 2.45) is 0 Å². The fourth-order valence-electron chi connectivity index (χ4n) is 1.98. The molecule has 2 rings (SSSR count). The Bertz CT molecular complexity index is 701. The number of nitrogens with zero attached hydrogens (tertiary/aromatic N) is 1. The summed E-state index contributed by atoms with van der Waals surface area (Å²) >= 11 is 0. The molecule has 0 aliphatic carbocycles. The van der Waals surface area contributed by atoms with E-state index in [1.165, 1.54) is 12.1 Å². The van der Waals surface area contributed by atoms with Crippen LogP contribution < -0.4 is 15.4 Å². The van der Waals surface area contributed by atoms with E-state index in [2.05, 4.69) is 10.6 Å². The second-order valence-electron chi connectivity index (χ2n) is 4.86. The zero-order valence-corrected chi connectivity index (χ0v) is 12.8. The van der Waals surface area contributed by atoms with Crippen LogP contribution in [0.4, 0.5) is 17.1 Å². The van der Waals surface area contributed by atoms with Gasteiger partial charge in [-0.1, -0.05) is 12.1 Å². The quantitative estimate of drug-likeness (QED) is 0.631. The first-order valence-corrected chi connectivity index (χ1v) is 6.96. The minimum absolute atomic E-state index is 0.141. The Morgan fingerprint density at radius 2 is 1.83 bits per heavy atom. The maximum Gasteiger partial charge on any atom is 0.292 e. The Morgan fingerprint density at radius 1 is 1.17 bits per heavy atom. The van der Waals surface area contributed by atoms with Gasteiger partial charge in [0.2, 0.25) is 5.91 Å². The van der Waals surface area contributed by atoms with E-state index in [1.807, 2.05) is 0 Å². The van der Waals surface area contributed by atoms with Gasteiger partial charge in [-0.15, -0.1) is 0 Å². The van der Waals surface area contributed by atoms with E-state index in [0.29, 0.717) is 5.75 Å². The molecule has 7 nitrogen and oxygen atoms in total. The fourth-order valence-corrected chi connectivity index (χ4v) is 1.98. The smallest absolute Gasteiger partial charge is 0.292 e. The first-order valence-electron chi connectivity index (χ1n) is 6.96. The Hall–Kier alpha value is -3.09. The molecule has 0 radical (unpaired) electrons. The monoisotopic (exact) mass is 315 g/mol. The second-order valence-corrected chi connectivity index (χ2v) is 4.86. The average Bonchev–Trinajstić information content (AvgIpc) is 2.55. The molecular formula is C16H17N3O4. The summed E-state index contributed by atoms with van der Waals surface area (Å²) in [6.45, 7) is 1.67. The van der Waals surface area contributed by atoms with Gasteiger partial charge in [-0.25, -0.2) is 0 Å². The average molecular weight is 315 g/mol. The first-order chi connectivity index (χ1) is 11.0. The standard InChI is InChI=1S/C16H17N3O4/c1-11(17-12-7-9-13(23-2)10-8-12)16(20)18-14-5-3-4-6-15(14)19(21)22/h3-11,17H,1-2H3,(H,18,20). The highest BCUT2D eigenvalue weighted by molar-refractivity contribution is 5.97. The highest BCUT2D eigenvalue weighted by Crippen LogP contribution is 2.23. The summed E-state index contributed by atoms with van der Waals surface area (Å²) in [5.74, 6) is 0.350. The van der Waals surface area contributed by atoms with Gasteiger partial charge >= 0.3 is 0 Å². The van der Waals surface area contributed by atoms with Crippen molar-refractivity contribution in [2.45, 2.75) is 13.0 Å². The highest BCUT2D eigenvalue weighted by atomic mass is 16.6. The number of hydrogen-bond donors (Lipinski definition) is 2. The van der Waals surface area contributed by atoms with Gasteiger partial charge in [-0.3, -0.25) is 14.9 Å². The lowest BCUT2D eigenvalue weighted by Crippen LogP contribution is -2.32. The van der Waals surface area contributed by atoms with Crippen molar-refractivity contribution in [2.75, 3.05) is 17.7 Å². The predicted octanol–water partition coefficient (Wildman–Crippen LogP) is 3.04. The number of amides is 1. The zero-order chi connectivity index (χ0) is 16.8. The number of benzene rings is 2. The summed E-state index contributed by atoms with van der Waals surface area (Å²) in [5.41, 5.74) is 0.777. The van der Waals surface area contributed by atoms with Crippen molar-refractivity contribution < 1.29 is 14.5 Å². The van der Waals surface area contributed by atoms with Crippen molar-refractivity contribution >= 4 is 23.0 Å². The van der Waals surface area contributed by atoms with Crippen LogP contribution in [0, 0.1) is 10.1 Å². The molecule has 0 heterocycles. The van der Waals surface area contributed by atoms with Crippen molar-refractivity contribution in [3.8, 4) is 5.75 Å². The summed E-state index contributed by atoms with van der Waals surface area (Å²) in [7, 11) is 1.57. The van der Waals surface area contributed by atoms with E-state index in [-0.39, 0.29) is 17.3 Å². The third-order valence-corrected chi connectivity index (χ3v) is 3.23. The third kappa shape index (κ3) is 4.19. The van der Waals surface area contributed by atoms with Gasteiger partial charge in [0, 0.05) is 11.8 Å². The van der Waals surface area contributed by atoms with Gasteiger partial charge in [0.1, 0.15) is 17.5 Å². The number of nitro groups is 1. The predicted molar refractivity (Wildman–Crippen MR) is 87.8 cm³/mol. The van der Waals surface area contributed by atoms with Crippen LogP contribution in [0.25, 0.3) is 0 Å².